The Labute approximate surface area is 171 Å². The molecule has 1 saturated heterocycles. The van der Waals surface area contributed by atoms with E-state index in [2.05, 4.69) is 10.3 Å². The second-order valence-corrected chi connectivity index (χ2v) is 7.58. The lowest BCUT2D eigenvalue weighted by Gasteiger charge is -2.26. The molecule has 158 valence electrons. The Hall–Kier alpha value is -2.90. The second-order valence-electron chi connectivity index (χ2n) is 7.58. The van der Waals surface area contributed by atoms with Crippen molar-refractivity contribution in [2.45, 2.75) is 37.8 Å². The maximum atomic E-state index is 13.7. The number of aliphatic imine (C=N–C) groups is 1. The Morgan fingerprint density at radius 3 is 2.47 bits per heavy atom. The molecule has 8 heteroatoms. The van der Waals surface area contributed by atoms with E-state index in [9.17, 15) is 22.4 Å². The highest BCUT2D eigenvalue weighted by atomic mass is 19.4. The molecule has 1 fully saturated rings. The molecule has 2 aromatic rings. The van der Waals surface area contributed by atoms with Crippen LogP contribution in [-0.2, 0) is 11.0 Å². The average molecular weight is 419 g/mol. The number of amides is 1. The first-order chi connectivity index (χ1) is 14.3. The Bertz CT molecular complexity index is 979. The molecule has 30 heavy (non-hydrogen) atoms. The van der Waals surface area contributed by atoms with Gasteiger partial charge in [-0.1, -0.05) is 18.9 Å². The van der Waals surface area contributed by atoms with Crippen molar-refractivity contribution in [3.63, 3.8) is 0 Å². The molecule has 4 rings (SSSR count). The molecule has 0 radical (unpaired) electrons. The van der Waals surface area contributed by atoms with E-state index in [1.54, 1.807) is 4.90 Å². The largest absolute Gasteiger partial charge is 0.418 e. The fourth-order valence-electron chi connectivity index (χ4n) is 3.99. The SMILES string of the molecule is O=C1Nc2cc(F)ccc2C1C=Nc1ccc(N2CCCCCC2)c(C(F)(F)F)c1. The van der Waals surface area contributed by atoms with E-state index in [0.29, 0.717) is 24.3 Å². The van der Waals surface area contributed by atoms with Gasteiger partial charge in [-0.15, -0.1) is 0 Å². The van der Waals surface area contributed by atoms with Crippen molar-refractivity contribution >= 4 is 29.2 Å². The Kier molecular flexibility index (Phi) is 5.49. The number of nitrogens with zero attached hydrogens (tertiary/aromatic N) is 2. The van der Waals surface area contributed by atoms with Crippen LogP contribution in [0.5, 0.6) is 0 Å². The summed E-state index contributed by atoms with van der Waals surface area (Å²) >= 11 is 0. The van der Waals surface area contributed by atoms with Crippen LogP contribution in [0.1, 0.15) is 42.7 Å². The third-order valence-electron chi connectivity index (χ3n) is 5.50. The van der Waals surface area contributed by atoms with Crippen molar-refractivity contribution in [1.29, 1.82) is 0 Å². The Balaban J connectivity index is 1.63. The highest BCUT2D eigenvalue weighted by molar-refractivity contribution is 6.12. The molecule has 0 saturated carbocycles. The van der Waals surface area contributed by atoms with Gasteiger partial charge in [-0.25, -0.2) is 4.39 Å². The summed E-state index contributed by atoms with van der Waals surface area (Å²) in [7, 11) is 0. The van der Waals surface area contributed by atoms with Gasteiger partial charge in [0, 0.05) is 30.7 Å². The van der Waals surface area contributed by atoms with E-state index in [4.69, 9.17) is 0 Å². The number of carbonyl (C=O) groups is 1. The van der Waals surface area contributed by atoms with Gasteiger partial charge in [-0.05, 0) is 48.7 Å². The monoisotopic (exact) mass is 419 g/mol. The minimum Gasteiger partial charge on any atom is -0.371 e. The number of halogens is 4. The van der Waals surface area contributed by atoms with Gasteiger partial charge in [0.1, 0.15) is 11.7 Å². The molecular weight excluding hydrogens is 398 g/mol. The molecule has 1 N–H and O–H groups in total. The summed E-state index contributed by atoms with van der Waals surface area (Å²) in [6.45, 7) is 1.20. The van der Waals surface area contributed by atoms with Crippen LogP contribution in [0, 0.1) is 5.82 Å². The van der Waals surface area contributed by atoms with Gasteiger partial charge in [-0.3, -0.25) is 9.79 Å². The molecule has 0 bridgehead atoms. The minimum atomic E-state index is -4.51. The van der Waals surface area contributed by atoms with Crippen LogP contribution >= 0.6 is 0 Å². The lowest BCUT2D eigenvalue weighted by Crippen LogP contribution is -2.26. The fourth-order valence-corrected chi connectivity index (χ4v) is 3.99. The number of nitrogens with one attached hydrogen (secondary N) is 1. The van der Waals surface area contributed by atoms with Gasteiger partial charge in [0.25, 0.3) is 0 Å². The molecule has 0 aliphatic carbocycles. The fraction of sp³-hybridized carbons (Fsp3) is 0.364. The summed E-state index contributed by atoms with van der Waals surface area (Å²) in [6.07, 6.45) is 0.578. The van der Waals surface area contributed by atoms with E-state index < -0.39 is 29.4 Å². The first kappa shape index (κ1) is 20.4. The quantitative estimate of drug-likeness (QED) is 0.515. The topological polar surface area (TPSA) is 44.7 Å². The number of anilines is 2. The Morgan fingerprint density at radius 1 is 1.03 bits per heavy atom. The summed E-state index contributed by atoms with van der Waals surface area (Å²) in [5.74, 6) is -1.65. The molecule has 0 spiro atoms. The van der Waals surface area contributed by atoms with Crippen molar-refractivity contribution in [3.05, 3.63) is 53.3 Å². The van der Waals surface area contributed by atoms with Crippen LogP contribution in [0.4, 0.5) is 34.6 Å². The standard InChI is InChI=1S/C22H21F4N3O/c23-14-5-7-16-17(21(30)28-19(16)11-14)13-27-15-6-8-20(18(12-15)22(24,25)26)29-9-3-1-2-4-10-29/h5-8,11-13,17H,1-4,9-10H2,(H,28,30). The normalized spacial score (nSPS) is 19.7. The number of carbonyl (C=O) groups excluding carboxylic acids is 1. The van der Waals surface area contributed by atoms with Crippen molar-refractivity contribution in [1.82, 2.24) is 0 Å². The zero-order chi connectivity index (χ0) is 21.3. The van der Waals surface area contributed by atoms with Crippen molar-refractivity contribution in [2.24, 2.45) is 4.99 Å². The van der Waals surface area contributed by atoms with E-state index in [0.717, 1.165) is 31.7 Å². The number of hydrogen-bond acceptors (Lipinski definition) is 3. The van der Waals surface area contributed by atoms with Gasteiger partial charge < -0.3 is 10.2 Å². The lowest BCUT2D eigenvalue weighted by atomic mass is 10.0. The molecule has 1 amide bonds. The molecule has 2 aliphatic heterocycles. The maximum absolute atomic E-state index is 13.7. The average Bonchev–Trinajstić information content (AvgIpc) is 2.86. The maximum Gasteiger partial charge on any atom is 0.418 e. The van der Waals surface area contributed by atoms with Crippen molar-refractivity contribution < 1.29 is 22.4 Å². The number of rotatable bonds is 3. The first-order valence-electron chi connectivity index (χ1n) is 9.93. The van der Waals surface area contributed by atoms with Gasteiger partial charge in [0.05, 0.1) is 11.3 Å². The highest BCUT2D eigenvalue weighted by Crippen LogP contribution is 2.40. The van der Waals surface area contributed by atoms with Gasteiger partial charge in [0.15, 0.2) is 0 Å². The molecule has 0 aromatic heterocycles. The van der Waals surface area contributed by atoms with Gasteiger partial charge >= 0.3 is 6.18 Å². The van der Waals surface area contributed by atoms with Crippen LogP contribution < -0.4 is 10.2 Å². The zero-order valence-corrected chi connectivity index (χ0v) is 16.2. The van der Waals surface area contributed by atoms with Crippen LogP contribution in [0.15, 0.2) is 41.4 Å². The number of benzene rings is 2. The number of fused-ring (bicyclic) bond motifs is 1. The van der Waals surface area contributed by atoms with Crippen LogP contribution in [0.25, 0.3) is 0 Å². The Morgan fingerprint density at radius 2 is 1.77 bits per heavy atom. The summed E-state index contributed by atoms with van der Waals surface area (Å²) in [6, 6.07) is 7.93. The predicted octanol–water partition coefficient (Wildman–Crippen LogP) is 5.66. The van der Waals surface area contributed by atoms with E-state index in [-0.39, 0.29) is 11.4 Å². The molecule has 2 heterocycles. The van der Waals surface area contributed by atoms with Crippen LogP contribution in [0.2, 0.25) is 0 Å². The molecule has 1 unspecified atom stereocenters. The molecular formula is C22H21F4N3O. The summed E-state index contributed by atoms with van der Waals surface area (Å²) in [5.41, 5.74) is 0.454. The summed E-state index contributed by atoms with van der Waals surface area (Å²) in [4.78, 5) is 18.1. The minimum absolute atomic E-state index is 0.115. The smallest absolute Gasteiger partial charge is 0.371 e. The first-order valence-corrected chi connectivity index (χ1v) is 9.93. The van der Waals surface area contributed by atoms with Crippen molar-refractivity contribution in [3.8, 4) is 0 Å². The second kappa shape index (κ2) is 8.08. The number of alkyl halides is 3. The third kappa shape index (κ3) is 4.17. The lowest BCUT2D eigenvalue weighted by molar-refractivity contribution is -0.137. The van der Waals surface area contributed by atoms with Crippen LogP contribution in [-0.4, -0.2) is 25.2 Å². The van der Waals surface area contributed by atoms with Crippen LogP contribution in [0.3, 0.4) is 0 Å². The van der Waals surface area contributed by atoms with Gasteiger partial charge in [-0.2, -0.15) is 13.2 Å². The molecule has 1 atom stereocenters. The summed E-state index contributed by atoms with van der Waals surface area (Å²) < 4.78 is 54.6. The third-order valence-corrected chi connectivity index (χ3v) is 5.50. The van der Waals surface area contributed by atoms with E-state index in [1.807, 2.05) is 0 Å². The van der Waals surface area contributed by atoms with Gasteiger partial charge in [0.2, 0.25) is 5.91 Å². The van der Waals surface area contributed by atoms with Crippen molar-refractivity contribution in [2.75, 3.05) is 23.3 Å². The molecule has 4 nitrogen and oxygen atoms in total. The zero-order valence-electron chi connectivity index (χ0n) is 16.2. The predicted molar refractivity (Wildman–Crippen MR) is 108 cm³/mol. The number of hydrogen-bond donors (Lipinski definition) is 1. The molecule has 2 aromatic carbocycles. The van der Waals surface area contributed by atoms with E-state index >= 15 is 0 Å². The molecule has 2 aliphatic rings. The van der Waals surface area contributed by atoms with E-state index in [1.165, 1.54) is 36.5 Å². The summed E-state index contributed by atoms with van der Waals surface area (Å²) in [5, 5.41) is 2.56. The highest BCUT2D eigenvalue weighted by Gasteiger charge is 2.35.